The van der Waals surface area contributed by atoms with Crippen molar-refractivity contribution in [1.82, 2.24) is 14.5 Å². The predicted octanol–water partition coefficient (Wildman–Crippen LogP) is 6.34. The lowest BCUT2D eigenvalue weighted by Gasteiger charge is -2.19. The summed E-state index contributed by atoms with van der Waals surface area (Å²) in [7, 11) is 0. The van der Waals surface area contributed by atoms with Gasteiger partial charge in [-0.1, -0.05) is 62.9 Å². The zero-order valence-electron chi connectivity index (χ0n) is 15.9. The minimum atomic E-state index is 0.0723. The summed E-state index contributed by atoms with van der Waals surface area (Å²) in [5.74, 6) is 0.730. The largest absolute Gasteiger partial charge is 0.285 e. The van der Waals surface area contributed by atoms with Crippen molar-refractivity contribution >= 4 is 33.7 Å². The first kappa shape index (κ1) is 16.8. The van der Waals surface area contributed by atoms with Gasteiger partial charge in [0.15, 0.2) is 10.8 Å². The molecular formula is C23H23N3S. The van der Waals surface area contributed by atoms with E-state index in [2.05, 4.69) is 72.8 Å². The molecule has 2 aromatic heterocycles. The lowest BCUT2D eigenvalue weighted by atomic mass is 9.99. The first-order valence-electron chi connectivity index (χ1n) is 9.56. The van der Waals surface area contributed by atoms with Crippen LogP contribution in [0, 0.1) is 0 Å². The van der Waals surface area contributed by atoms with Crippen molar-refractivity contribution in [3.8, 4) is 5.69 Å². The van der Waals surface area contributed by atoms with Crippen LogP contribution >= 0.6 is 11.8 Å². The number of aromatic nitrogens is 3. The Morgan fingerprint density at radius 2 is 1.74 bits per heavy atom. The number of thioether (sulfide) groups is 1. The number of rotatable bonds is 3. The Labute approximate surface area is 163 Å². The fraction of sp³-hybridized carbons (Fsp3) is 0.304. The SMILES string of the molecule is CC(C)(C)Sc1nc2ncccc2n1-c1ccc(C2CC2)c2ccccc12. The number of imidazole rings is 1. The van der Waals surface area contributed by atoms with Crippen LogP contribution in [-0.2, 0) is 0 Å². The van der Waals surface area contributed by atoms with Crippen LogP contribution in [0.5, 0.6) is 0 Å². The second-order valence-corrected chi connectivity index (χ2v) is 10.1. The molecule has 0 amide bonds. The van der Waals surface area contributed by atoms with Gasteiger partial charge in [-0.3, -0.25) is 4.57 Å². The van der Waals surface area contributed by atoms with Gasteiger partial charge in [-0.25, -0.2) is 9.97 Å². The summed E-state index contributed by atoms with van der Waals surface area (Å²) in [5.41, 5.74) is 4.55. The molecule has 0 saturated heterocycles. The molecule has 4 heteroatoms. The van der Waals surface area contributed by atoms with Crippen molar-refractivity contribution in [2.75, 3.05) is 0 Å². The van der Waals surface area contributed by atoms with Crippen molar-refractivity contribution in [1.29, 1.82) is 0 Å². The second-order valence-electron chi connectivity index (χ2n) is 8.28. The van der Waals surface area contributed by atoms with Gasteiger partial charge in [-0.05, 0) is 47.9 Å². The van der Waals surface area contributed by atoms with Gasteiger partial charge >= 0.3 is 0 Å². The summed E-state index contributed by atoms with van der Waals surface area (Å²) in [5, 5.41) is 3.66. The number of hydrogen-bond donors (Lipinski definition) is 0. The highest BCUT2D eigenvalue weighted by Crippen LogP contribution is 2.45. The van der Waals surface area contributed by atoms with Crippen LogP contribution in [0.2, 0.25) is 0 Å². The third-order valence-electron chi connectivity index (χ3n) is 4.99. The summed E-state index contributed by atoms with van der Waals surface area (Å²) in [6.45, 7) is 6.68. The first-order chi connectivity index (χ1) is 13.0. The fourth-order valence-corrected chi connectivity index (χ4v) is 4.69. The van der Waals surface area contributed by atoms with Crippen molar-refractivity contribution in [3.05, 3.63) is 60.3 Å². The van der Waals surface area contributed by atoms with Gasteiger partial charge in [-0.2, -0.15) is 0 Å². The van der Waals surface area contributed by atoms with Crippen LogP contribution in [0.4, 0.5) is 0 Å². The van der Waals surface area contributed by atoms with Gasteiger partial charge < -0.3 is 0 Å². The molecule has 136 valence electrons. The van der Waals surface area contributed by atoms with E-state index in [0.29, 0.717) is 0 Å². The summed E-state index contributed by atoms with van der Waals surface area (Å²) < 4.78 is 2.36. The van der Waals surface area contributed by atoms with Crippen LogP contribution in [0.25, 0.3) is 27.6 Å². The van der Waals surface area contributed by atoms with Crippen LogP contribution in [0.3, 0.4) is 0 Å². The zero-order chi connectivity index (χ0) is 18.6. The molecule has 1 aliphatic carbocycles. The van der Waals surface area contributed by atoms with E-state index < -0.39 is 0 Å². The van der Waals surface area contributed by atoms with Crippen LogP contribution in [0.1, 0.15) is 45.1 Å². The normalized spacial score (nSPS) is 14.9. The van der Waals surface area contributed by atoms with Gasteiger partial charge in [0.25, 0.3) is 0 Å². The first-order valence-corrected chi connectivity index (χ1v) is 10.4. The summed E-state index contributed by atoms with van der Waals surface area (Å²) in [6, 6.07) is 17.5. The van der Waals surface area contributed by atoms with Crippen LogP contribution in [-0.4, -0.2) is 19.3 Å². The van der Waals surface area contributed by atoms with Gasteiger partial charge in [0.1, 0.15) is 0 Å². The molecule has 0 aliphatic heterocycles. The number of pyridine rings is 1. The summed E-state index contributed by atoms with van der Waals surface area (Å²) >= 11 is 1.79. The average Bonchev–Trinajstić information content (AvgIpc) is 3.41. The molecule has 5 rings (SSSR count). The molecule has 0 N–H and O–H groups in total. The lowest BCUT2D eigenvalue weighted by molar-refractivity contribution is 0.788. The monoisotopic (exact) mass is 373 g/mol. The third kappa shape index (κ3) is 3.02. The second kappa shape index (κ2) is 6.10. The van der Waals surface area contributed by atoms with E-state index in [-0.39, 0.29) is 4.75 Å². The molecule has 2 aromatic carbocycles. The Kier molecular flexibility index (Phi) is 3.80. The van der Waals surface area contributed by atoms with Crippen molar-refractivity contribution < 1.29 is 0 Å². The topological polar surface area (TPSA) is 30.7 Å². The van der Waals surface area contributed by atoms with E-state index >= 15 is 0 Å². The quantitative estimate of drug-likeness (QED) is 0.392. The Morgan fingerprint density at radius 3 is 2.48 bits per heavy atom. The molecule has 3 nitrogen and oxygen atoms in total. The van der Waals surface area contributed by atoms with E-state index in [1.165, 1.54) is 34.9 Å². The minimum Gasteiger partial charge on any atom is -0.285 e. The standard InChI is InChI=1S/C23H23N3S/c1-23(2,3)27-22-25-21-20(9-6-14-24-21)26(22)19-13-12-16(15-10-11-15)17-7-4-5-8-18(17)19/h4-9,12-15H,10-11H2,1-3H3. The molecule has 4 aromatic rings. The number of nitrogens with zero attached hydrogens (tertiary/aromatic N) is 3. The molecular weight excluding hydrogens is 350 g/mol. The Bertz CT molecular complexity index is 1150. The fourth-order valence-electron chi connectivity index (χ4n) is 3.72. The maximum Gasteiger partial charge on any atom is 0.179 e. The highest BCUT2D eigenvalue weighted by atomic mass is 32.2. The van der Waals surface area contributed by atoms with Crippen molar-refractivity contribution in [3.63, 3.8) is 0 Å². The highest BCUT2D eigenvalue weighted by molar-refractivity contribution is 8.00. The molecule has 0 unspecified atom stereocenters. The third-order valence-corrected chi connectivity index (χ3v) is 6.06. The van der Waals surface area contributed by atoms with E-state index in [1.54, 1.807) is 11.8 Å². The average molecular weight is 374 g/mol. The van der Waals surface area contributed by atoms with Gasteiger partial charge in [0, 0.05) is 16.3 Å². The molecule has 0 radical (unpaired) electrons. The highest BCUT2D eigenvalue weighted by Gasteiger charge is 2.27. The van der Waals surface area contributed by atoms with E-state index in [0.717, 1.165) is 22.2 Å². The molecule has 27 heavy (non-hydrogen) atoms. The molecule has 0 bridgehead atoms. The minimum absolute atomic E-state index is 0.0723. The lowest BCUT2D eigenvalue weighted by Crippen LogP contribution is -2.09. The van der Waals surface area contributed by atoms with Crippen LogP contribution < -0.4 is 0 Å². The maximum absolute atomic E-state index is 4.87. The molecule has 1 fully saturated rings. The van der Waals surface area contributed by atoms with E-state index in [9.17, 15) is 0 Å². The molecule has 0 spiro atoms. The van der Waals surface area contributed by atoms with Crippen molar-refractivity contribution in [2.24, 2.45) is 0 Å². The van der Waals surface area contributed by atoms with Crippen LogP contribution in [0.15, 0.2) is 59.9 Å². The van der Waals surface area contributed by atoms with Gasteiger partial charge in [0.05, 0.1) is 11.2 Å². The number of hydrogen-bond acceptors (Lipinski definition) is 3. The smallest absolute Gasteiger partial charge is 0.179 e. The molecule has 1 aliphatic rings. The predicted molar refractivity (Wildman–Crippen MR) is 114 cm³/mol. The maximum atomic E-state index is 4.87. The summed E-state index contributed by atoms with van der Waals surface area (Å²) in [4.78, 5) is 9.37. The Hall–Kier alpha value is -2.33. The van der Waals surface area contributed by atoms with Gasteiger partial charge in [0.2, 0.25) is 0 Å². The Morgan fingerprint density at radius 1 is 0.963 bits per heavy atom. The zero-order valence-corrected chi connectivity index (χ0v) is 16.8. The number of benzene rings is 2. The Balaban J connectivity index is 1.81. The van der Waals surface area contributed by atoms with E-state index in [1.807, 2.05) is 12.3 Å². The van der Waals surface area contributed by atoms with E-state index in [4.69, 9.17) is 4.98 Å². The molecule has 2 heterocycles. The van der Waals surface area contributed by atoms with Gasteiger partial charge in [-0.15, -0.1) is 0 Å². The number of fused-ring (bicyclic) bond motifs is 2. The molecule has 1 saturated carbocycles. The van der Waals surface area contributed by atoms with Crippen molar-refractivity contribution in [2.45, 2.75) is 49.4 Å². The summed E-state index contributed by atoms with van der Waals surface area (Å²) in [6.07, 6.45) is 4.44. The molecule has 0 atom stereocenters.